The fourth-order valence-corrected chi connectivity index (χ4v) is 2.49. The lowest BCUT2D eigenvalue weighted by molar-refractivity contribution is 1.17. The van der Waals surface area contributed by atoms with E-state index in [1.54, 1.807) is 6.20 Å². The van der Waals surface area contributed by atoms with Gasteiger partial charge >= 0.3 is 0 Å². The molecule has 0 aliphatic rings. The van der Waals surface area contributed by atoms with Crippen molar-refractivity contribution >= 4 is 28.6 Å². The molecule has 1 N–H and O–H groups in total. The van der Waals surface area contributed by atoms with Gasteiger partial charge in [0.25, 0.3) is 0 Å². The second-order valence-corrected chi connectivity index (χ2v) is 5.03. The Morgan fingerprint density at radius 3 is 2.81 bits per heavy atom. The summed E-state index contributed by atoms with van der Waals surface area (Å²) < 4.78 is 0. The van der Waals surface area contributed by atoms with Crippen LogP contribution in [0.4, 0.5) is 5.69 Å². The standard InChI is InChI=1S/C12H13ClN2S/c1-2-9-5-6-10(16-9)8-15-11-4-3-7-14-12(11)13/h3-7,15H,2,8H2,1H3. The fraction of sp³-hybridized carbons (Fsp3) is 0.250. The maximum Gasteiger partial charge on any atom is 0.152 e. The summed E-state index contributed by atoms with van der Waals surface area (Å²) in [7, 11) is 0. The number of thiophene rings is 1. The molecule has 2 aromatic heterocycles. The molecule has 84 valence electrons. The van der Waals surface area contributed by atoms with E-state index in [1.807, 2.05) is 23.5 Å². The van der Waals surface area contributed by atoms with E-state index < -0.39 is 0 Å². The van der Waals surface area contributed by atoms with Crippen molar-refractivity contribution in [2.75, 3.05) is 5.32 Å². The van der Waals surface area contributed by atoms with Crippen molar-refractivity contribution in [2.24, 2.45) is 0 Å². The second-order valence-electron chi connectivity index (χ2n) is 3.42. The molecule has 16 heavy (non-hydrogen) atoms. The van der Waals surface area contributed by atoms with E-state index in [9.17, 15) is 0 Å². The van der Waals surface area contributed by atoms with Gasteiger partial charge in [-0.1, -0.05) is 18.5 Å². The van der Waals surface area contributed by atoms with Crippen LogP contribution < -0.4 is 5.32 Å². The third kappa shape index (κ3) is 2.74. The highest BCUT2D eigenvalue weighted by Gasteiger charge is 2.01. The zero-order valence-corrected chi connectivity index (χ0v) is 10.6. The van der Waals surface area contributed by atoms with Crippen LogP contribution in [0.1, 0.15) is 16.7 Å². The fourth-order valence-electron chi connectivity index (χ4n) is 1.41. The molecule has 0 atom stereocenters. The summed E-state index contributed by atoms with van der Waals surface area (Å²) >= 11 is 7.78. The summed E-state index contributed by atoms with van der Waals surface area (Å²) in [6.07, 6.45) is 2.78. The van der Waals surface area contributed by atoms with E-state index in [1.165, 1.54) is 9.75 Å². The molecular weight excluding hydrogens is 240 g/mol. The first-order valence-corrected chi connectivity index (χ1v) is 6.41. The number of pyridine rings is 1. The number of aryl methyl sites for hydroxylation is 1. The summed E-state index contributed by atoms with van der Waals surface area (Å²) in [6, 6.07) is 8.14. The smallest absolute Gasteiger partial charge is 0.152 e. The van der Waals surface area contributed by atoms with Gasteiger partial charge in [0.15, 0.2) is 5.15 Å². The van der Waals surface area contributed by atoms with Crippen LogP contribution in [0.15, 0.2) is 30.5 Å². The summed E-state index contributed by atoms with van der Waals surface area (Å²) in [5.41, 5.74) is 0.885. The predicted octanol–water partition coefficient (Wildman–Crippen LogP) is 3.97. The Labute approximate surface area is 104 Å². The molecule has 0 saturated carbocycles. The van der Waals surface area contributed by atoms with Crippen molar-refractivity contribution < 1.29 is 0 Å². The molecule has 4 heteroatoms. The van der Waals surface area contributed by atoms with Crippen molar-refractivity contribution in [3.63, 3.8) is 0 Å². The second kappa shape index (κ2) is 5.32. The number of rotatable bonds is 4. The summed E-state index contributed by atoms with van der Waals surface area (Å²) in [5.74, 6) is 0. The molecule has 0 unspecified atom stereocenters. The van der Waals surface area contributed by atoms with Crippen LogP contribution in [0.3, 0.4) is 0 Å². The highest BCUT2D eigenvalue weighted by molar-refractivity contribution is 7.12. The third-order valence-corrected chi connectivity index (χ3v) is 3.81. The van der Waals surface area contributed by atoms with Crippen LogP contribution >= 0.6 is 22.9 Å². The molecule has 2 aromatic rings. The molecule has 0 aliphatic heterocycles. The van der Waals surface area contributed by atoms with Gasteiger partial charge in [0, 0.05) is 22.5 Å². The van der Waals surface area contributed by atoms with Crippen LogP contribution in [0.25, 0.3) is 0 Å². The van der Waals surface area contributed by atoms with E-state index in [0.717, 1.165) is 18.7 Å². The maximum atomic E-state index is 5.95. The van der Waals surface area contributed by atoms with Gasteiger partial charge < -0.3 is 5.32 Å². The van der Waals surface area contributed by atoms with Crippen molar-refractivity contribution in [1.82, 2.24) is 4.98 Å². The Balaban J connectivity index is 1.99. The molecule has 0 bridgehead atoms. The van der Waals surface area contributed by atoms with E-state index >= 15 is 0 Å². The van der Waals surface area contributed by atoms with Gasteiger partial charge in [-0.2, -0.15) is 0 Å². The topological polar surface area (TPSA) is 24.9 Å². The minimum Gasteiger partial charge on any atom is -0.378 e. The first-order valence-electron chi connectivity index (χ1n) is 5.21. The number of hydrogen-bond donors (Lipinski definition) is 1. The summed E-state index contributed by atoms with van der Waals surface area (Å²) in [5, 5.41) is 3.81. The van der Waals surface area contributed by atoms with Crippen LogP contribution in [-0.4, -0.2) is 4.98 Å². The quantitative estimate of drug-likeness (QED) is 0.833. The Hall–Kier alpha value is -1.06. The first kappa shape index (κ1) is 11.4. The number of nitrogens with zero attached hydrogens (tertiary/aromatic N) is 1. The van der Waals surface area contributed by atoms with Crippen LogP contribution in [0.5, 0.6) is 0 Å². The average molecular weight is 253 g/mol. The normalized spacial score (nSPS) is 10.4. The Morgan fingerprint density at radius 2 is 2.12 bits per heavy atom. The number of aromatic nitrogens is 1. The van der Waals surface area contributed by atoms with Gasteiger partial charge in [-0.05, 0) is 30.7 Å². The van der Waals surface area contributed by atoms with Crippen molar-refractivity contribution in [3.05, 3.63) is 45.4 Å². The molecule has 2 nitrogen and oxygen atoms in total. The molecule has 0 saturated heterocycles. The molecule has 2 heterocycles. The highest BCUT2D eigenvalue weighted by Crippen LogP contribution is 2.21. The minimum absolute atomic E-state index is 0.523. The average Bonchev–Trinajstić information content (AvgIpc) is 2.76. The van der Waals surface area contributed by atoms with E-state index in [-0.39, 0.29) is 0 Å². The van der Waals surface area contributed by atoms with Gasteiger partial charge in [-0.25, -0.2) is 4.98 Å². The first-order chi connectivity index (χ1) is 7.79. The van der Waals surface area contributed by atoms with Gasteiger partial charge in [0.1, 0.15) is 0 Å². The maximum absolute atomic E-state index is 5.95. The van der Waals surface area contributed by atoms with Crippen molar-refractivity contribution in [2.45, 2.75) is 19.9 Å². The highest BCUT2D eigenvalue weighted by atomic mass is 35.5. The zero-order chi connectivity index (χ0) is 11.4. The number of halogens is 1. The lowest BCUT2D eigenvalue weighted by Crippen LogP contribution is -1.98. The Bertz CT molecular complexity index is 468. The molecule has 0 aromatic carbocycles. The largest absolute Gasteiger partial charge is 0.378 e. The molecule has 0 spiro atoms. The van der Waals surface area contributed by atoms with Crippen LogP contribution in [0, 0.1) is 0 Å². The van der Waals surface area contributed by atoms with Crippen molar-refractivity contribution in [3.8, 4) is 0 Å². The Kier molecular flexibility index (Phi) is 3.80. The van der Waals surface area contributed by atoms with Gasteiger partial charge in [-0.15, -0.1) is 11.3 Å². The van der Waals surface area contributed by atoms with E-state index in [4.69, 9.17) is 11.6 Å². The SMILES string of the molecule is CCc1ccc(CNc2cccnc2Cl)s1. The zero-order valence-electron chi connectivity index (χ0n) is 9.03. The molecule has 0 aliphatic carbocycles. The predicted molar refractivity (Wildman–Crippen MR) is 70.3 cm³/mol. The lowest BCUT2D eigenvalue weighted by Gasteiger charge is -2.05. The van der Waals surface area contributed by atoms with E-state index in [2.05, 4.69) is 29.4 Å². The number of anilines is 1. The number of nitrogens with one attached hydrogen (secondary N) is 1. The van der Waals surface area contributed by atoms with Gasteiger partial charge in [0.05, 0.1) is 5.69 Å². The minimum atomic E-state index is 0.523. The molecule has 0 amide bonds. The van der Waals surface area contributed by atoms with Crippen LogP contribution in [-0.2, 0) is 13.0 Å². The number of hydrogen-bond acceptors (Lipinski definition) is 3. The molecular formula is C12H13ClN2S. The lowest BCUT2D eigenvalue weighted by atomic mass is 10.3. The molecule has 0 fully saturated rings. The van der Waals surface area contributed by atoms with Gasteiger partial charge in [0.2, 0.25) is 0 Å². The molecule has 0 radical (unpaired) electrons. The van der Waals surface area contributed by atoms with Crippen LogP contribution in [0.2, 0.25) is 5.15 Å². The summed E-state index contributed by atoms with van der Waals surface area (Å²) in [6.45, 7) is 2.97. The van der Waals surface area contributed by atoms with Gasteiger partial charge in [-0.3, -0.25) is 0 Å². The van der Waals surface area contributed by atoms with Crippen molar-refractivity contribution in [1.29, 1.82) is 0 Å². The third-order valence-electron chi connectivity index (χ3n) is 2.28. The Morgan fingerprint density at radius 1 is 1.31 bits per heavy atom. The molecule has 2 rings (SSSR count). The monoisotopic (exact) mass is 252 g/mol. The van der Waals surface area contributed by atoms with E-state index in [0.29, 0.717) is 5.15 Å². The summed E-state index contributed by atoms with van der Waals surface area (Å²) in [4.78, 5) is 6.75.